The van der Waals surface area contributed by atoms with Crippen molar-refractivity contribution in [3.05, 3.63) is 52.0 Å². The van der Waals surface area contributed by atoms with E-state index in [2.05, 4.69) is 21.2 Å². The summed E-state index contributed by atoms with van der Waals surface area (Å²) in [5.41, 5.74) is 2.96. The molecule has 1 heterocycles. The third-order valence-electron chi connectivity index (χ3n) is 5.44. The number of ether oxygens (including phenoxy) is 1. The number of aryl methyl sites for hydroxylation is 2. The molecule has 0 spiro atoms. The van der Waals surface area contributed by atoms with E-state index in [1.165, 1.54) is 16.4 Å². The predicted octanol–water partition coefficient (Wildman–Crippen LogP) is 4.77. The van der Waals surface area contributed by atoms with Crippen molar-refractivity contribution < 1.29 is 17.9 Å². The van der Waals surface area contributed by atoms with E-state index in [0.717, 1.165) is 53.4 Å². The zero-order valence-electron chi connectivity index (χ0n) is 18.0. The molecule has 1 aliphatic rings. The van der Waals surface area contributed by atoms with Crippen molar-refractivity contribution in [1.82, 2.24) is 4.31 Å². The molecule has 0 unspecified atom stereocenters. The molecule has 8 heteroatoms. The first-order valence-corrected chi connectivity index (χ1v) is 12.9. The molecule has 0 radical (unpaired) electrons. The average molecular weight is 509 g/mol. The molecular weight excluding hydrogens is 480 g/mol. The Kier molecular flexibility index (Phi) is 8.13. The number of hydrogen-bond donors (Lipinski definition) is 1. The van der Waals surface area contributed by atoms with E-state index in [0.29, 0.717) is 18.8 Å². The lowest BCUT2D eigenvalue weighted by molar-refractivity contribution is -0.118. The zero-order chi connectivity index (χ0) is 22.4. The number of piperidine rings is 1. The number of rotatable bonds is 8. The smallest absolute Gasteiger partial charge is 0.262 e. The van der Waals surface area contributed by atoms with E-state index in [4.69, 9.17) is 4.74 Å². The highest BCUT2D eigenvalue weighted by molar-refractivity contribution is 9.10. The van der Waals surface area contributed by atoms with Crippen LogP contribution in [-0.2, 0) is 27.7 Å². The predicted molar refractivity (Wildman–Crippen MR) is 126 cm³/mol. The highest BCUT2D eigenvalue weighted by Gasteiger charge is 2.25. The highest BCUT2D eigenvalue weighted by Crippen LogP contribution is 2.28. The molecule has 1 N–H and O–H groups in total. The molecule has 2 aromatic rings. The second-order valence-corrected chi connectivity index (χ2v) is 10.4. The number of nitrogens with one attached hydrogen (secondary N) is 1. The van der Waals surface area contributed by atoms with Gasteiger partial charge in [0.2, 0.25) is 10.0 Å². The van der Waals surface area contributed by atoms with Crippen LogP contribution in [0, 0.1) is 0 Å². The topological polar surface area (TPSA) is 75.7 Å². The summed E-state index contributed by atoms with van der Waals surface area (Å²) < 4.78 is 33.6. The largest absolute Gasteiger partial charge is 0.484 e. The van der Waals surface area contributed by atoms with Gasteiger partial charge in [0.15, 0.2) is 6.61 Å². The summed E-state index contributed by atoms with van der Waals surface area (Å²) >= 11 is 3.52. The van der Waals surface area contributed by atoms with Crippen LogP contribution >= 0.6 is 15.9 Å². The third-order valence-corrected chi connectivity index (χ3v) is 7.81. The molecule has 3 rings (SSSR count). The number of benzene rings is 2. The molecule has 6 nitrogen and oxygen atoms in total. The summed E-state index contributed by atoms with van der Waals surface area (Å²) in [5.74, 6) is 0.201. The minimum absolute atomic E-state index is 0.152. The van der Waals surface area contributed by atoms with Gasteiger partial charge in [0.1, 0.15) is 5.75 Å². The number of carbonyl (C=O) groups excluding carboxylic acids is 1. The summed E-state index contributed by atoms with van der Waals surface area (Å²) in [7, 11) is -3.48. The summed E-state index contributed by atoms with van der Waals surface area (Å²) in [5, 5.41) is 2.97. The van der Waals surface area contributed by atoms with Gasteiger partial charge >= 0.3 is 0 Å². The maximum Gasteiger partial charge on any atom is 0.262 e. The van der Waals surface area contributed by atoms with Crippen LogP contribution in [0.25, 0.3) is 0 Å². The molecule has 31 heavy (non-hydrogen) atoms. The van der Waals surface area contributed by atoms with Gasteiger partial charge in [0, 0.05) is 23.2 Å². The molecule has 1 saturated heterocycles. The first-order valence-electron chi connectivity index (χ1n) is 10.7. The van der Waals surface area contributed by atoms with Crippen LogP contribution in [0.1, 0.15) is 44.2 Å². The SMILES string of the molecule is CCc1cc(Br)cc(CC)c1NC(=O)COc1ccc(S(=O)(=O)N2CCCCC2)cc1. The summed E-state index contributed by atoms with van der Waals surface area (Å²) in [6.45, 7) is 5.08. The van der Waals surface area contributed by atoms with E-state index in [9.17, 15) is 13.2 Å². The number of amides is 1. The van der Waals surface area contributed by atoms with Crippen molar-refractivity contribution in [3.8, 4) is 5.75 Å². The van der Waals surface area contributed by atoms with Crippen LogP contribution in [-0.4, -0.2) is 38.3 Å². The number of sulfonamides is 1. The maximum absolute atomic E-state index is 12.7. The van der Waals surface area contributed by atoms with Gasteiger partial charge in [-0.1, -0.05) is 36.2 Å². The van der Waals surface area contributed by atoms with Crippen LogP contribution in [0.4, 0.5) is 5.69 Å². The Morgan fingerprint density at radius 1 is 1.03 bits per heavy atom. The lowest BCUT2D eigenvalue weighted by Gasteiger charge is -2.25. The fourth-order valence-corrected chi connectivity index (χ4v) is 5.80. The molecule has 2 aromatic carbocycles. The Morgan fingerprint density at radius 2 is 1.61 bits per heavy atom. The van der Waals surface area contributed by atoms with Gasteiger partial charge in [-0.05, 0) is 73.2 Å². The lowest BCUT2D eigenvalue weighted by Crippen LogP contribution is -2.35. The monoisotopic (exact) mass is 508 g/mol. The van der Waals surface area contributed by atoms with Gasteiger partial charge in [-0.3, -0.25) is 4.79 Å². The number of nitrogens with zero attached hydrogens (tertiary/aromatic N) is 1. The van der Waals surface area contributed by atoms with Gasteiger partial charge in [-0.25, -0.2) is 8.42 Å². The molecule has 1 amide bonds. The molecular formula is C23H29BrN2O4S. The highest BCUT2D eigenvalue weighted by atomic mass is 79.9. The normalized spacial score (nSPS) is 14.9. The molecule has 0 bridgehead atoms. The minimum atomic E-state index is -3.48. The first-order chi connectivity index (χ1) is 14.8. The summed E-state index contributed by atoms with van der Waals surface area (Å²) in [6.07, 6.45) is 4.47. The fourth-order valence-electron chi connectivity index (χ4n) is 3.73. The van der Waals surface area contributed by atoms with Gasteiger partial charge in [0.25, 0.3) is 5.91 Å². The van der Waals surface area contributed by atoms with Crippen molar-refractivity contribution in [1.29, 1.82) is 0 Å². The van der Waals surface area contributed by atoms with Crippen LogP contribution in [0.15, 0.2) is 45.8 Å². The number of carbonyl (C=O) groups is 1. The average Bonchev–Trinajstić information content (AvgIpc) is 2.79. The fraction of sp³-hybridized carbons (Fsp3) is 0.435. The summed E-state index contributed by atoms with van der Waals surface area (Å²) in [6, 6.07) is 10.3. The minimum Gasteiger partial charge on any atom is -0.484 e. The Hall–Kier alpha value is -1.90. The van der Waals surface area contributed by atoms with E-state index < -0.39 is 10.0 Å². The van der Waals surface area contributed by atoms with Crippen LogP contribution in [0.5, 0.6) is 5.75 Å². The second-order valence-electron chi connectivity index (χ2n) is 7.58. The Morgan fingerprint density at radius 3 is 2.16 bits per heavy atom. The van der Waals surface area contributed by atoms with Gasteiger partial charge < -0.3 is 10.1 Å². The number of anilines is 1. The van der Waals surface area contributed by atoms with Gasteiger partial charge in [-0.15, -0.1) is 0 Å². The summed E-state index contributed by atoms with van der Waals surface area (Å²) in [4.78, 5) is 12.7. The van der Waals surface area contributed by atoms with Gasteiger partial charge in [-0.2, -0.15) is 4.31 Å². The van der Waals surface area contributed by atoms with Gasteiger partial charge in [0.05, 0.1) is 4.90 Å². The Bertz CT molecular complexity index is 991. The standard InChI is InChI=1S/C23H29BrN2O4S/c1-3-17-14-19(24)15-18(4-2)23(17)25-22(27)16-30-20-8-10-21(11-9-20)31(28,29)26-12-6-5-7-13-26/h8-11,14-15H,3-7,12-13,16H2,1-2H3,(H,25,27). The van der Waals surface area contributed by atoms with E-state index in [1.807, 2.05) is 26.0 Å². The van der Waals surface area contributed by atoms with Crippen LogP contribution < -0.4 is 10.1 Å². The van der Waals surface area contributed by atoms with Crippen LogP contribution in [0.3, 0.4) is 0 Å². The van der Waals surface area contributed by atoms with Crippen molar-refractivity contribution >= 4 is 37.5 Å². The lowest BCUT2D eigenvalue weighted by atomic mass is 10.0. The number of hydrogen-bond acceptors (Lipinski definition) is 4. The molecule has 0 aliphatic carbocycles. The molecule has 0 saturated carbocycles. The first kappa shape index (κ1) is 23.8. The second kappa shape index (κ2) is 10.6. The van der Waals surface area contributed by atoms with E-state index in [1.54, 1.807) is 12.1 Å². The molecule has 0 atom stereocenters. The van der Waals surface area contributed by atoms with Crippen molar-refractivity contribution in [2.75, 3.05) is 25.0 Å². The number of halogens is 1. The maximum atomic E-state index is 12.7. The van der Waals surface area contributed by atoms with Crippen molar-refractivity contribution in [2.24, 2.45) is 0 Å². The molecule has 1 aliphatic heterocycles. The zero-order valence-corrected chi connectivity index (χ0v) is 20.4. The van der Waals surface area contributed by atoms with Crippen molar-refractivity contribution in [2.45, 2.75) is 50.8 Å². The molecule has 168 valence electrons. The molecule has 1 fully saturated rings. The molecule has 0 aromatic heterocycles. The van der Waals surface area contributed by atoms with Crippen LogP contribution in [0.2, 0.25) is 0 Å². The third kappa shape index (κ3) is 5.87. The van der Waals surface area contributed by atoms with E-state index >= 15 is 0 Å². The van der Waals surface area contributed by atoms with Crippen molar-refractivity contribution in [3.63, 3.8) is 0 Å². The van der Waals surface area contributed by atoms with E-state index in [-0.39, 0.29) is 17.4 Å². The Labute approximate surface area is 193 Å². The Balaban J connectivity index is 1.62. The quantitative estimate of drug-likeness (QED) is 0.557.